The molecule has 2 rings (SSSR count). The Morgan fingerprint density at radius 3 is 2.80 bits per heavy atom. The molecule has 1 nitrogen and oxygen atoms in total. The molecule has 1 heteroatoms. The number of allylic oxidation sites excluding steroid dienone is 2. The molecule has 0 heterocycles. The molecule has 0 N–H and O–H groups in total. The maximum atomic E-state index is 10.4. The molecule has 0 aromatic heterocycles. The van der Waals surface area contributed by atoms with Gasteiger partial charge in [-0.3, -0.25) is 4.79 Å². The summed E-state index contributed by atoms with van der Waals surface area (Å²) in [5.74, 6) is 0. The first-order valence-corrected chi connectivity index (χ1v) is 4.02. The van der Waals surface area contributed by atoms with Gasteiger partial charge in [0.1, 0.15) is 6.29 Å². The smallest absolute Gasteiger partial charge is 0.145 e. The van der Waals surface area contributed by atoms with Crippen molar-refractivity contribution in [3.05, 3.63) is 11.6 Å². The summed E-state index contributed by atoms with van der Waals surface area (Å²) in [7, 11) is 0. The minimum atomic E-state index is 0.508. The molecular formula is C9H12O. The minimum absolute atomic E-state index is 0.508. The second-order valence-corrected chi connectivity index (χ2v) is 3.55. The van der Waals surface area contributed by atoms with Crippen LogP contribution >= 0.6 is 0 Å². The molecule has 0 aromatic rings. The summed E-state index contributed by atoms with van der Waals surface area (Å²) in [6.07, 6.45) is 9.46. The first-order chi connectivity index (χ1) is 4.85. The van der Waals surface area contributed by atoms with E-state index in [9.17, 15) is 4.79 Å². The summed E-state index contributed by atoms with van der Waals surface area (Å²) < 4.78 is 0. The number of hydrogen-bond donors (Lipinski definition) is 0. The second kappa shape index (κ2) is 1.94. The average Bonchev–Trinajstić information content (AvgIpc) is 2.70. The van der Waals surface area contributed by atoms with Crippen molar-refractivity contribution in [1.82, 2.24) is 0 Å². The van der Waals surface area contributed by atoms with Crippen molar-refractivity contribution >= 4 is 6.29 Å². The Morgan fingerprint density at radius 2 is 2.20 bits per heavy atom. The molecule has 0 atom stereocenters. The molecule has 0 saturated heterocycles. The van der Waals surface area contributed by atoms with E-state index >= 15 is 0 Å². The van der Waals surface area contributed by atoms with Crippen molar-refractivity contribution in [2.24, 2.45) is 5.41 Å². The molecule has 0 amide bonds. The van der Waals surface area contributed by atoms with Crippen LogP contribution < -0.4 is 0 Å². The Labute approximate surface area is 61.1 Å². The van der Waals surface area contributed by atoms with Gasteiger partial charge in [0, 0.05) is 0 Å². The van der Waals surface area contributed by atoms with Gasteiger partial charge in [-0.25, -0.2) is 0 Å². The van der Waals surface area contributed by atoms with Crippen molar-refractivity contribution in [1.29, 1.82) is 0 Å². The largest absolute Gasteiger partial charge is 0.298 e. The Balaban J connectivity index is 2.19. The Bertz CT molecular complexity index is 187. The van der Waals surface area contributed by atoms with E-state index in [0.29, 0.717) is 5.41 Å². The molecule has 0 radical (unpaired) electrons. The lowest BCUT2D eigenvalue weighted by molar-refractivity contribution is -0.105. The maximum Gasteiger partial charge on any atom is 0.145 e. The van der Waals surface area contributed by atoms with E-state index in [1.54, 1.807) is 0 Å². The van der Waals surface area contributed by atoms with Crippen molar-refractivity contribution in [2.75, 3.05) is 0 Å². The summed E-state index contributed by atoms with van der Waals surface area (Å²) in [6.45, 7) is 0. The van der Waals surface area contributed by atoms with E-state index in [2.05, 4.69) is 6.08 Å². The highest BCUT2D eigenvalue weighted by Crippen LogP contribution is 2.53. The highest BCUT2D eigenvalue weighted by molar-refractivity contribution is 5.73. The standard InChI is InChI=1S/C9H12O/c10-7-8-2-1-3-9(6-8)4-5-9/h6-7H,1-5H2. The lowest BCUT2D eigenvalue weighted by atomic mass is 9.89. The van der Waals surface area contributed by atoms with Crippen LogP contribution in [-0.4, -0.2) is 6.29 Å². The molecule has 0 unspecified atom stereocenters. The molecule has 0 bridgehead atoms. The van der Waals surface area contributed by atoms with Crippen LogP contribution in [0.1, 0.15) is 32.1 Å². The number of carbonyl (C=O) groups is 1. The van der Waals surface area contributed by atoms with E-state index in [1.807, 2.05) is 0 Å². The first-order valence-electron chi connectivity index (χ1n) is 4.02. The van der Waals surface area contributed by atoms with Crippen LogP contribution in [0.15, 0.2) is 11.6 Å². The average molecular weight is 136 g/mol. The third-order valence-corrected chi connectivity index (χ3v) is 2.68. The van der Waals surface area contributed by atoms with Crippen LogP contribution in [-0.2, 0) is 4.79 Å². The van der Waals surface area contributed by atoms with Gasteiger partial charge in [0.2, 0.25) is 0 Å². The zero-order valence-electron chi connectivity index (χ0n) is 6.10. The van der Waals surface area contributed by atoms with E-state index in [0.717, 1.165) is 18.3 Å². The lowest BCUT2D eigenvalue weighted by Gasteiger charge is -2.16. The minimum Gasteiger partial charge on any atom is -0.298 e. The molecule has 2 aliphatic carbocycles. The first kappa shape index (κ1) is 6.14. The van der Waals surface area contributed by atoms with E-state index in [4.69, 9.17) is 0 Å². The fourth-order valence-corrected chi connectivity index (χ4v) is 1.83. The Kier molecular flexibility index (Phi) is 1.19. The highest BCUT2D eigenvalue weighted by atomic mass is 16.1. The van der Waals surface area contributed by atoms with Crippen LogP contribution in [0.4, 0.5) is 0 Å². The number of hydrogen-bond acceptors (Lipinski definition) is 1. The van der Waals surface area contributed by atoms with Crippen molar-refractivity contribution in [2.45, 2.75) is 32.1 Å². The third-order valence-electron chi connectivity index (χ3n) is 2.68. The van der Waals surface area contributed by atoms with Crippen molar-refractivity contribution in [3.8, 4) is 0 Å². The topological polar surface area (TPSA) is 17.1 Å². The molecule has 0 aromatic carbocycles. The number of carbonyl (C=O) groups excluding carboxylic acids is 1. The summed E-state index contributed by atoms with van der Waals surface area (Å²) in [6, 6.07) is 0. The third kappa shape index (κ3) is 0.898. The van der Waals surface area contributed by atoms with E-state index < -0.39 is 0 Å². The zero-order valence-corrected chi connectivity index (χ0v) is 6.10. The van der Waals surface area contributed by atoms with Gasteiger partial charge in [-0.15, -0.1) is 0 Å². The van der Waals surface area contributed by atoms with E-state index in [1.165, 1.54) is 25.7 Å². The van der Waals surface area contributed by atoms with Gasteiger partial charge in [0.15, 0.2) is 0 Å². The van der Waals surface area contributed by atoms with Crippen LogP contribution in [0.2, 0.25) is 0 Å². The molecule has 54 valence electrons. The Hall–Kier alpha value is -0.590. The quantitative estimate of drug-likeness (QED) is 0.504. The van der Waals surface area contributed by atoms with Crippen molar-refractivity contribution < 1.29 is 4.79 Å². The Morgan fingerprint density at radius 1 is 1.40 bits per heavy atom. The molecule has 2 aliphatic rings. The van der Waals surface area contributed by atoms with Gasteiger partial charge in [-0.2, -0.15) is 0 Å². The summed E-state index contributed by atoms with van der Waals surface area (Å²) >= 11 is 0. The molecule has 1 spiro atoms. The summed E-state index contributed by atoms with van der Waals surface area (Å²) in [4.78, 5) is 10.4. The predicted molar refractivity (Wildman–Crippen MR) is 39.7 cm³/mol. The number of aldehydes is 1. The zero-order chi connectivity index (χ0) is 7.03. The fraction of sp³-hybridized carbons (Fsp3) is 0.667. The van der Waals surface area contributed by atoms with Gasteiger partial charge in [-0.05, 0) is 43.1 Å². The SMILES string of the molecule is O=CC1=CC2(CCC1)CC2. The predicted octanol–water partition coefficient (Wildman–Crippen LogP) is 2.08. The van der Waals surface area contributed by atoms with E-state index in [-0.39, 0.29) is 0 Å². The van der Waals surface area contributed by atoms with Crippen LogP contribution in [0.25, 0.3) is 0 Å². The molecule has 0 aliphatic heterocycles. The van der Waals surface area contributed by atoms with Crippen LogP contribution in [0.5, 0.6) is 0 Å². The second-order valence-electron chi connectivity index (χ2n) is 3.55. The maximum absolute atomic E-state index is 10.4. The molecule has 10 heavy (non-hydrogen) atoms. The van der Waals surface area contributed by atoms with Gasteiger partial charge in [0.25, 0.3) is 0 Å². The monoisotopic (exact) mass is 136 g/mol. The summed E-state index contributed by atoms with van der Waals surface area (Å²) in [5.41, 5.74) is 1.55. The molecular weight excluding hydrogens is 124 g/mol. The van der Waals surface area contributed by atoms with Crippen molar-refractivity contribution in [3.63, 3.8) is 0 Å². The van der Waals surface area contributed by atoms with Gasteiger partial charge >= 0.3 is 0 Å². The van der Waals surface area contributed by atoms with Gasteiger partial charge < -0.3 is 0 Å². The van der Waals surface area contributed by atoms with Gasteiger partial charge in [0.05, 0.1) is 0 Å². The molecule has 1 fully saturated rings. The summed E-state index contributed by atoms with van der Waals surface area (Å²) in [5, 5.41) is 0. The fourth-order valence-electron chi connectivity index (χ4n) is 1.83. The van der Waals surface area contributed by atoms with Crippen LogP contribution in [0, 0.1) is 5.41 Å². The normalized spacial score (nSPS) is 27.8. The van der Waals surface area contributed by atoms with Crippen LogP contribution in [0.3, 0.4) is 0 Å². The molecule has 1 saturated carbocycles. The highest BCUT2D eigenvalue weighted by Gasteiger charge is 2.41. The van der Waals surface area contributed by atoms with Gasteiger partial charge in [-0.1, -0.05) is 6.08 Å². The number of rotatable bonds is 1. The lowest BCUT2D eigenvalue weighted by Crippen LogP contribution is -2.04.